The molecular formula is C39H40N2O8. The fourth-order valence-corrected chi connectivity index (χ4v) is 7.36. The summed E-state index contributed by atoms with van der Waals surface area (Å²) in [4.78, 5) is 41.9. The molecule has 10 heteroatoms. The molecule has 0 unspecified atom stereocenters. The number of rotatable bonds is 9. The van der Waals surface area contributed by atoms with E-state index >= 15 is 0 Å². The van der Waals surface area contributed by atoms with Gasteiger partial charge in [0.2, 0.25) is 11.8 Å². The summed E-state index contributed by atoms with van der Waals surface area (Å²) < 4.78 is 19.3. The van der Waals surface area contributed by atoms with Crippen molar-refractivity contribution in [3.63, 3.8) is 0 Å². The van der Waals surface area contributed by atoms with Crippen LogP contribution in [0.1, 0.15) is 51.9 Å². The minimum Gasteiger partial charge on any atom is -0.508 e. The number of nitrogens with zero attached hydrogens (tertiary/aromatic N) is 1. The molecule has 2 amide bonds. The molecule has 0 saturated carbocycles. The highest BCUT2D eigenvalue weighted by atomic mass is 16.8. The van der Waals surface area contributed by atoms with Gasteiger partial charge in [-0.3, -0.25) is 9.59 Å². The average molecular weight is 665 g/mol. The van der Waals surface area contributed by atoms with Gasteiger partial charge in [-0.1, -0.05) is 66.7 Å². The fourth-order valence-electron chi connectivity index (χ4n) is 7.36. The number of aromatic hydroxyl groups is 1. The third-order valence-corrected chi connectivity index (χ3v) is 9.76. The number of esters is 1. The van der Waals surface area contributed by atoms with E-state index in [1.54, 1.807) is 35.2 Å². The van der Waals surface area contributed by atoms with Crippen molar-refractivity contribution in [1.29, 1.82) is 0 Å². The molecule has 3 N–H and O–H groups in total. The Bertz CT molecular complexity index is 1760. The molecule has 4 atom stereocenters. The van der Waals surface area contributed by atoms with Crippen LogP contribution in [0.3, 0.4) is 0 Å². The molecule has 2 aliphatic heterocycles. The van der Waals surface area contributed by atoms with Crippen molar-refractivity contribution >= 4 is 23.9 Å². The Kier molecular flexibility index (Phi) is 9.35. The third-order valence-electron chi connectivity index (χ3n) is 9.76. The van der Waals surface area contributed by atoms with Crippen molar-refractivity contribution < 1.29 is 38.8 Å². The van der Waals surface area contributed by atoms with E-state index in [4.69, 9.17) is 19.3 Å². The predicted molar refractivity (Wildman–Crippen MR) is 180 cm³/mol. The predicted octanol–water partition coefficient (Wildman–Crippen LogP) is 3.88. The van der Waals surface area contributed by atoms with E-state index in [1.807, 2.05) is 48.6 Å². The molecule has 4 aliphatic rings. The molecule has 0 radical (unpaired) electrons. The smallest absolute Gasteiger partial charge is 0.338 e. The number of aliphatic hydroxyl groups excluding tert-OH is 1. The van der Waals surface area contributed by atoms with Gasteiger partial charge in [0.15, 0.2) is 5.79 Å². The highest BCUT2D eigenvalue weighted by Crippen LogP contribution is 2.45. The molecule has 7 rings (SSSR count). The van der Waals surface area contributed by atoms with Crippen LogP contribution in [0.25, 0.3) is 6.08 Å². The average Bonchev–Trinajstić information content (AvgIpc) is 3.84. The van der Waals surface area contributed by atoms with Crippen LogP contribution in [0.2, 0.25) is 0 Å². The summed E-state index contributed by atoms with van der Waals surface area (Å²) in [6.45, 7) is 0.360. The Morgan fingerprint density at radius 3 is 2.45 bits per heavy atom. The van der Waals surface area contributed by atoms with Crippen LogP contribution < -0.4 is 5.32 Å². The summed E-state index contributed by atoms with van der Waals surface area (Å²) >= 11 is 0. The minimum absolute atomic E-state index is 0.118. The molecule has 2 saturated heterocycles. The van der Waals surface area contributed by atoms with E-state index in [1.165, 1.54) is 0 Å². The minimum atomic E-state index is -0.927. The van der Waals surface area contributed by atoms with Crippen molar-refractivity contribution in [1.82, 2.24) is 10.2 Å². The number of phenolic OH excluding ortho intramolecular Hbond substituents is 1. The van der Waals surface area contributed by atoms with Gasteiger partial charge < -0.3 is 34.6 Å². The van der Waals surface area contributed by atoms with Crippen LogP contribution in [0.5, 0.6) is 5.75 Å². The lowest BCUT2D eigenvalue weighted by atomic mass is 9.91. The number of fused-ring (bicyclic) bond motifs is 2. The van der Waals surface area contributed by atoms with Crippen LogP contribution >= 0.6 is 0 Å². The number of hydrogen-bond donors (Lipinski definition) is 3. The SMILES string of the molecule is O=C(O[C@@H]1CC(C(=O)N2CCC[C@@H]2C(=O)NCCO)=C[C@H]2OC3(Cc4ccccc4C3)O[C@H]21)c1ccc(C=CCc2ccccc2O)cc1. The summed E-state index contributed by atoms with van der Waals surface area (Å²) in [5, 5.41) is 21.9. The number of carbonyl (C=O) groups excluding carboxylic acids is 3. The number of aliphatic hydroxyl groups is 1. The maximum atomic E-state index is 14.0. The van der Waals surface area contributed by atoms with Gasteiger partial charge in [-0.15, -0.1) is 0 Å². The summed E-state index contributed by atoms with van der Waals surface area (Å²) in [6.07, 6.45) is 6.61. The first kappa shape index (κ1) is 32.8. The Morgan fingerprint density at radius 1 is 0.980 bits per heavy atom. The van der Waals surface area contributed by atoms with Crippen molar-refractivity contribution in [2.24, 2.45) is 0 Å². The zero-order chi connectivity index (χ0) is 34.0. The van der Waals surface area contributed by atoms with E-state index in [-0.39, 0.29) is 37.1 Å². The first-order valence-corrected chi connectivity index (χ1v) is 16.9. The Hall–Kier alpha value is -4.77. The molecule has 10 nitrogen and oxygen atoms in total. The second-order valence-corrected chi connectivity index (χ2v) is 13.1. The number of nitrogens with one attached hydrogen (secondary N) is 1. The Morgan fingerprint density at radius 2 is 1.71 bits per heavy atom. The number of amides is 2. The normalized spacial score (nSPS) is 23.7. The maximum absolute atomic E-state index is 14.0. The van der Waals surface area contributed by atoms with Gasteiger partial charge in [-0.05, 0) is 65.8 Å². The zero-order valence-corrected chi connectivity index (χ0v) is 27.1. The van der Waals surface area contributed by atoms with Gasteiger partial charge in [-0.25, -0.2) is 4.79 Å². The van der Waals surface area contributed by atoms with E-state index in [2.05, 4.69) is 17.4 Å². The second-order valence-electron chi connectivity index (χ2n) is 13.1. The van der Waals surface area contributed by atoms with Crippen molar-refractivity contribution in [2.45, 2.75) is 68.7 Å². The first-order chi connectivity index (χ1) is 23.8. The number of phenols is 1. The molecule has 1 spiro atoms. The molecular weight excluding hydrogens is 624 g/mol. The monoisotopic (exact) mass is 664 g/mol. The van der Waals surface area contributed by atoms with Crippen LogP contribution in [0.4, 0.5) is 0 Å². The molecule has 254 valence electrons. The lowest BCUT2D eigenvalue weighted by Gasteiger charge is -2.32. The lowest BCUT2D eigenvalue weighted by molar-refractivity contribution is -0.172. The van der Waals surface area contributed by atoms with Crippen LogP contribution in [0.15, 0.2) is 90.5 Å². The number of allylic oxidation sites excluding steroid dienone is 1. The van der Waals surface area contributed by atoms with Crippen LogP contribution in [-0.4, -0.2) is 82.7 Å². The third kappa shape index (κ3) is 6.90. The molecule has 2 heterocycles. The highest BCUT2D eigenvalue weighted by molar-refractivity contribution is 5.98. The molecule has 0 aromatic heterocycles. The summed E-state index contributed by atoms with van der Waals surface area (Å²) in [5.41, 5.74) is 4.76. The largest absolute Gasteiger partial charge is 0.508 e. The first-order valence-electron chi connectivity index (χ1n) is 16.9. The Labute approximate surface area is 285 Å². The maximum Gasteiger partial charge on any atom is 0.338 e. The number of ether oxygens (including phenoxy) is 3. The van der Waals surface area contributed by atoms with Crippen molar-refractivity contribution in [3.8, 4) is 5.75 Å². The summed E-state index contributed by atoms with van der Waals surface area (Å²) in [6, 6.07) is 21.7. The van der Waals surface area contributed by atoms with Crippen LogP contribution in [-0.2, 0) is 43.1 Å². The molecule has 2 fully saturated rings. The fraction of sp³-hybridized carbons (Fsp3) is 0.359. The number of likely N-dealkylation sites (tertiary alicyclic amines) is 1. The number of benzene rings is 3. The van der Waals surface area contributed by atoms with Gasteiger partial charge in [0.25, 0.3) is 0 Å². The second kappa shape index (κ2) is 14.0. The standard InChI is InChI=1S/C39H40N2O8/c42-20-18-40-36(44)31-12-6-19-41(31)37(45)30-21-33(35-34(22-30)48-39(49-35)23-28-9-1-2-10-29(28)24-39)47-38(46)27-16-14-25(15-17-27)7-5-11-26-8-3-4-13-32(26)43/h1-5,7-10,13-17,22,31,33-35,42-43H,6,11-12,18-21,23-24H2,(H,40,44)/t31-,33-,34-,35+/m1/s1. The number of carbonyl (C=O) groups is 3. The Balaban J connectivity index is 1.08. The van der Waals surface area contributed by atoms with Gasteiger partial charge in [0, 0.05) is 37.9 Å². The highest BCUT2D eigenvalue weighted by Gasteiger charge is 2.55. The molecule has 3 aromatic carbocycles. The van der Waals surface area contributed by atoms with E-state index in [9.17, 15) is 19.5 Å². The molecule has 0 bridgehead atoms. The zero-order valence-electron chi connectivity index (χ0n) is 27.1. The summed E-state index contributed by atoms with van der Waals surface area (Å²) in [7, 11) is 0. The van der Waals surface area contributed by atoms with Crippen LogP contribution in [0, 0.1) is 0 Å². The van der Waals surface area contributed by atoms with Gasteiger partial charge >= 0.3 is 5.97 Å². The molecule has 2 aliphatic carbocycles. The van der Waals surface area contributed by atoms with E-state index in [0.717, 1.165) is 22.3 Å². The quantitative estimate of drug-likeness (QED) is 0.294. The topological polar surface area (TPSA) is 135 Å². The van der Waals surface area contributed by atoms with Crippen molar-refractivity contribution in [2.75, 3.05) is 19.7 Å². The number of para-hydroxylation sites is 1. The van der Waals surface area contributed by atoms with Gasteiger partial charge in [0.05, 0.1) is 12.2 Å². The summed E-state index contributed by atoms with van der Waals surface area (Å²) in [5.74, 6) is -1.80. The lowest BCUT2D eigenvalue weighted by Crippen LogP contribution is -2.49. The van der Waals surface area contributed by atoms with E-state index < -0.39 is 36.1 Å². The molecule has 3 aromatic rings. The number of hydrogen-bond acceptors (Lipinski definition) is 8. The van der Waals surface area contributed by atoms with Gasteiger partial charge in [-0.2, -0.15) is 0 Å². The van der Waals surface area contributed by atoms with Crippen molar-refractivity contribution in [3.05, 3.63) is 118 Å². The molecule has 49 heavy (non-hydrogen) atoms. The van der Waals surface area contributed by atoms with Gasteiger partial charge in [0.1, 0.15) is 30.1 Å². The van der Waals surface area contributed by atoms with E-state index in [0.29, 0.717) is 49.8 Å².